The molecule has 7 nitrogen and oxygen atoms in total. The Labute approximate surface area is 206 Å². The summed E-state index contributed by atoms with van der Waals surface area (Å²) in [7, 11) is -4.15. The third-order valence-corrected chi connectivity index (χ3v) is 7.44. The molecule has 4 rings (SSSR count). The van der Waals surface area contributed by atoms with Gasteiger partial charge in [-0.25, -0.2) is 13.1 Å². The lowest BCUT2D eigenvalue weighted by Gasteiger charge is -2.15. The van der Waals surface area contributed by atoms with Crippen LogP contribution in [0.15, 0.2) is 59.6 Å². The lowest BCUT2D eigenvalue weighted by Crippen LogP contribution is -2.32. The van der Waals surface area contributed by atoms with Gasteiger partial charge in [0, 0.05) is 17.0 Å². The van der Waals surface area contributed by atoms with E-state index in [-0.39, 0.29) is 16.0 Å². The summed E-state index contributed by atoms with van der Waals surface area (Å²) in [5.74, 6) is -0.726. The summed E-state index contributed by atoms with van der Waals surface area (Å²) in [4.78, 5) is 17.6. The van der Waals surface area contributed by atoms with Gasteiger partial charge < -0.3 is 0 Å². The highest BCUT2D eigenvalue weighted by Gasteiger charge is 2.27. The van der Waals surface area contributed by atoms with Crippen molar-refractivity contribution in [1.29, 1.82) is 0 Å². The minimum Gasteiger partial charge on any atom is -0.266 e. The molecule has 8 heteroatoms. The summed E-state index contributed by atoms with van der Waals surface area (Å²) in [5.41, 5.74) is 5.51. The van der Waals surface area contributed by atoms with Gasteiger partial charge in [0.15, 0.2) is 0 Å². The van der Waals surface area contributed by atoms with Crippen LogP contribution >= 0.6 is 0 Å². The molecule has 0 atom stereocenters. The molecule has 2 heterocycles. The largest absolute Gasteiger partial charge is 0.283 e. The molecule has 4 aromatic rings. The maximum Gasteiger partial charge on any atom is 0.283 e. The third-order valence-electron chi connectivity index (χ3n) is 6.05. The van der Waals surface area contributed by atoms with E-state index in [1.165, 1.54) is 6.07 Å². The highest BCUT2D eigenvalue weighted by Crippen LogP contribution is 2.25. The smallest absolute Gasteiger partial charge is 0.266 e. The summed E-state index contributed by atoms with van der Waals surface area (Å²) in [6.45, 7) is 12.5. The fourth-order valence-corrected chi connectivity index (χ4v) is 5.41. The molecule has 0 fully saturated rings. The molecule has 2 aromatic heterocycles. The van der Waals surface area contributed by atoms with E-state index in [0.717, 1.165) is 22.3 Å². The number of nitrogens with zero attached hydrogens (tertiary/aromatic N) is 3. The van der Waals surface area contributed by atoms with E-state index in [0.29, 0.717) is 23.1 Å². The number of hydrogen-bond acceptors (Lipinski definition) is 5. The number of benzene rings is 2. The monoisotopic (exact) mass is 490 g/mol. The summed E-state index contributed by atoms with van der Waals surface area (Å²) >= 11 is 0. The van der Waals surface area contributed by atoms with Crippen molar-refractivity contribution in [3.8, 4) is 0 Å². The van der Waals surface area contributed by atoms with Crippen molar-refractivity contribution in [2.75, 3.05) is 0 Å². The fraction of sp³-hybridized carbons (Fsp3) is 0.296. The van der Waals surface area contributed by atoms with E-state index in [1.54, 1.807) is 41.2 Å². The van der Waals surface area contributed by atoms with Gasteiger partial charge in [-0.15, -0.1) is 0 Å². The predicted octanol–water partition coefficient (Wildman–Crippen LogP) is 4.82. The minimum atomic E-state index is -4.15. The van der Waals surface area contributed by atoms with Crippen LogP contribution in [0.2, 0.25) is 0 Å². The third kappa shape index (κ3) is 4.98. The van der Waals surface area contributed by atoms with Crippen LogP contribution in [-0.4, -0.2) is 29.1 Å². The number of pyridine rings is 1. The molecule has 0 aliphatic heterocycles. The van der Waals surface area contributed by atoms with Crippen LogP contribution in [0.1, 0.15) is 59.2 Å². The molecular weight excluding hydrogens is 460 g/mol. The minimum absolute atomic E-state index is 0.00350. The summed E-state index contributed by atoms with van der Waals surface area (Å²) in [6, 6.07) is 14.0. The maximum absolute atomic E-state index is 13.4. The second kappa shape index (κ2) is 8.92. The Hall–Kier alpha value is -3.52. The van der Waals surface area contributed by atoms with Gasteiger partial charge in [0.25, 0.3) is 15.9 Å². The van der Waals surface area contributed by atoms with Crippen LogP contribution in [0, 0.1) is 20.8 Å². The van der Waals surface area contributed by atoms with Crippen molar-refractivity contribution in [3.63, 3.8) is 0 Å². The number of fused-ring (bicyclic) bond motifs is 1. The van der Waals surface area contributed by atoms with Crippen LogP contribution in [0.3, 0.4) is 0 Å². The van der Waals surface area contributed by atoms with Crippen LogP contribution in [0.4, 0.5) is 0 Å². The molecule has 182 valence electrons. The Bertz CT molecular complexity index is 1520. The molecule has 0 saturated carbocycles. The van der Waals surface area contributed by atoms with Crippen molar-refractivity contribution in [1.82, 2.24) is 19.5 Å². The predicted molar refractivity (Wildman–Crippen MR) is 137 cm³/mol. The molecule has 0 spiro atoms. The van der Waals surface area contributed by atoms with Crippen LogP contribution in [-0.2, 0) is 22.0 Å². The van der Waals surface area contributed by atoms with Crippen molar-refractivity contribution >= 4 is 26.8 Å². The van der Waals surface area contributed by atoms with Crippen LogP contribution < -0.4 is 4.72 Å². The number of aryl methyl sites for hydroxylation is 3. The van der Waals surface area contributed by atoms with Gasteiger partial charge in [-0.2, -0.15) is 5.10 Å². The van der Waals surface area contributed by atoms with Gasteiger partial charge >= 0.3 is 0 Å². The van der Waals surface area contributed by atoms with Gasteiger partial charge in [-0.1, -0.05) is 44.5 Å². The second-order valence-electron chi connectivity index (χ2n) is 9.96. The number of aromatic nitrogens is 3. The standard InChI is InChI=1S/C27H30N4O3S/c1-17-13-18(2)21(19(3)14-17)16-31-23(15-25(29-31)27(4,5)6)26(32)30-35(33,34)24-11-7-10-22-20(24)9-8-12-28-22/h7-15H,16H2,1-6H3,(H,30,32). The average molecular weight is 491 g/mol. The Balaban J connectivity index is 1.75. The Morgan fingerprint density at radius 3 is 2.34 bits per heavy atom. The molecule has 0 aliphatic rings. The van der Waals surface area contributed by atoms with E-state index in [9.17, 15) is 13.2 Å². The first-order chi connectivity index (χ1) is 16.4. The first-order valence-electron chi connectivity index (χ1n) is 11.4. The average Bonchev–Trinajstić information content (AvgIpc) is 3.20. The number of hydrogen-bond donors (Lipinski definition) is 1. The SMILES string of the molecule is Cc1cc(C)c(Cn2nc(C(C)(C)C)cc2C(=O)NS(=O)(=O)c2cccc3ncccc23)c(C)c1. The molecule has 0 saturated heterocycles. The van der Waals surface area contributed by atoms with E-state index >= 15 is 0 Å². The highest BCUT2D eigenvalue weighted by molar-refractivity contribution is 7.90. The Kier molecular flexibility index (Phi) is 6.27. The molecule has 35 heavy (non-hydrogen) atoms. The Morgan fingerprint density at radius 2 is 1.69 bits per heavy atom. The van der Waals surface area contributed by atoms with Crippen molar-refractivity contribution < 1.29 is 13.2 Å². The zero-order valence-electron chi connectivity index (χ0n) is 20.9. The second-order valence-corrected chi connectivity index (χ2v) is 11.6. The zero-order chi connectivity index (χ0) is 25.5. The van der Waals surface area contributed by atoms with Gasteiger partial charge in [-0.3, -0.25) is 14.5 Å². The molecular formula is C27H30N4O3S. The maximum atomic E-state index is 13.4. The molecule has 1 N–H and O–H groups in total. The van der Waals surface area contributed by atoms with Gasteiger partial charge in [0.1, 0.15) is 5.69 Å². The van der Waals surface area contributed by atoms with E-state index in [2.05, 4.69) is 21.8 Å². The normalized spacial score (nSPS) is 12.2. The van der Waals surface area contributed by atoms with E-state index < -0.39 is 15.9 Å². The molecule has 1 amide bonds. The lowest BCUT2D eigenvalue weighted by molar-refractivity contribution is 0.0971. The lowest BCUT2D eigenvalue weighted by atomic mass is 9.92. The van der Waals surface area contributed by atoms with Gasteiger partial charge in [-0.05, 0) is 67.8 Å². The van der Waals surface area contributed by atoms with E-state index in [4.69, 9.17) is 5.10 Å². The first-order valence-corrected chi connectivity index (χ1v) is 12.9. The number of carbonyl (C=O) groups excluding carboxylic acids is 1. The van der Waals surface area contributed by atoms with Gasteiger partial charge in [0.05, 0.1) is 22.7 Å². The molecule has 0 unspecified atom stereocenters. The quantitative estimate of drug-likeness (QED) is 0.433. The van der Waals surface area contributed by atoms with Crippen molar-refractivity contribution in [2.24, 2.45) is 0 Å². The van der Waals surface area contributed by atoms with Crippen LogP contribution in [0.5, 0.6) is 0 Å². The number of carbonyl (C=O) groups is 1. The Morgan fingerprint density at radius 1 is 1.00 bits per heavy atom. The number of rotatable bonds is 5. The van der Waals surface area contributed by atoms with Crippen LogP contribution in [0.25, 0.3) is 10.9 Å². The van der Waals surface area contributed by atoms with Gasteiger partial charge in [0.2, 0.25) is 0 Å². The summed E-state index contributed by atoms with van der Waals surface area (Å²) in [5, 5.41) is 5.16. The van der Waals surface area contributed by atoms with Crippen molar-refractivity contribution in [2.45, 2.75) is 58.4 Å². The highest BCUT2D eigenvalue weighted by atomic mass is 32.2. The summed E-state index contributed by atoms with van der Waals surface area (Å²) < 4.78 is 30.4. The number of nitrogens with one attached hydrogen (secondary N) is 1. The topological polar surface area (TPSA) is 94.0 Å². The summed E-state index contributed by atoms with van der Waals surface area (Å²) in [6.07, 6.45) is 1.60. The van der Waals surface area contributed by atoms with E-state index in [1.807, 2.05) is 41.5 Å². The molecule has 0 radical (unpaired) electrons. The fourth-order valence-electron chi connectivity index (χ4n) is 4.23. The van der Waals surface area contributed by atoms with Crippen molar-refractivity contribution in [3.05, 3.63) is 88.4 Å². The molecule has 0 bridgehead atoms. The number of amides is 1. The molecule has 0 aliphatic carbocycles. The first kappa shape index (κ1) is 24.6. The molecule has 2 aromatic carbocycles. The number of sulfonamides is 1. The zero-order valence-corrected chi connectivity index (χ0v) is 21.7.